The SMILES string of the molecule is O=C(c1cnccn1)N1CC[C@@H](O)[C@@H]1Cc1ccccc1. The van der Waals surface area contributed by atoms with Crippen molar-refractivity contribution in [2.75, 3.05) is 6.54 Å². The first-order chi connectivity index (χ1) is 10.3. The Kier molecular flexibility index (Phi) is 3.92. The third kappa shape index (κ3) is 2.92. The Morgan fingerprint density at radius 3 is 2.81 bits per heavy atom. The summed E-state index contributed by atoms with van der Waals surface area (Å²) in [5, 5.41) is 10.2. The monoisotopic (exact) mass is 283 g/mol. The van der Waals surface area contributed by atoms with E-state index < -0.39 is 6.10 Å². The number of likely N-dealkylation sites (tertiary alicyclic amines) is 1. The number of amides is 1. The zero-order valence-corrected chi connectivity index (χ0v) is 11.6. The van der Waals surface area contributed by atoms with Crippen LogP contribution in [0.15, 0.2) is 48.9 Å². The molecule has 1 aromatic carbocycles. The van der Waals surface area contributed by atoms with Crippen LogP contribution in [0.25, 0.3) is 0 Å². The molecule has 0 saturated carbocycles. The summed E-state index contributed by atoms with van der Waals surface area (Å²) in [4.78, 5) is 22.2. The minimum Gasteiger partial charge on any atom is -0.391 e. The van der Waals surface area contributed by atoms with E-state index in [1.54, 1.807) is 4.90 Å². The van der Waals surface area contributed by atoms with Gasteiger partial charge in [-0.2, -0.15) is 0 Å². The van der Waals surface area contributed by atoms with Gasteiger partial charge in [0.25, 0.3) is 5.91 Å². The molecule has 1 saturated heterocycles. The first-order valence-electron chi connectivity index (χ1n) is 7.04. The van der Waals surface area contributed by atoms with Crippen molar-refractivity contribution in [1.29, 1.82) is 0 Å². The lowest BCUT2D eigenvalue weighted by Crippen LogP contribution is -2.41. The number of nitrogens with zero attached hydrogens (tertiary/aromatic N) is 3. The lowest BCUT2D eigenvalue weighted by Gasteiger charge is -2.26. The second-order valence-electron chi connectivity index (χ2n) is 5.20. The number of carbonyl (C=O) groups is 1. The maximum Gasteiger partial charge on any atom is 0.274 e. The molecule has 1 amide bonds. The fraction of sp³-hybridized carbons (Fsp3) is 0.312. The van der Waals surface area contributed by atoms with Crippen molar-refractivity contribution in [2.24, 2.45) is 0 Å². The van der Waals surface area contributed by atoms with Crippen molar-refractivity contribution in [3.63, 3.8) is 0 Å². The van der Waals surface area contributed by atoms with E-state index in [-0.39, 0.29) is 11.9 Å². The molecule has 3 rings (SSSR count). The van der Waals surface area contributed by atoms with Gasteiger partial charge in [-0.3, -0.25) is 9.78 Å². The smallest absolute Gasteiger partial charge is 0.274 e. The molecule has 5 heteroatoms. The third-order valence-corrected chi connectivity index (χ3v) is 3.84. The molecule has 1 fully saturated rings. The highest BCUT2D eigenvalue weighted by atomic mass is 16.3. The predicted octanol–water partition coefficient (Wildman–Crippen LogP) is 1.29. The second kappa shape index (κ2) is 6.01. The second-order valence-corrected chi connectivity index (χ2v) is 5.20. The normalized spacial score (nSPS) is 21.5. The van der Waals surface area contributed by atoms with E-state index in [0.29, 0.717) is 25.1 Å². The standard InChI is InChI=1S/C16H17N3O2/c20-15-6-9-19(16(21)13-11-17-7-8-18-13)14(15)10-12-4-2-1-3-5-12/h1-5,7-8,11,14-15,20H,6,9-10H2/t14-,15+/m0/s1. The molecule has 2 aromatic rings. The largest absolute Gasteiger partial charge is 0.391 e. The van der Waals surface area contributed by atoms with Crippen molar-refractivity contribution in [3.8, 4) is 0 Å². The Bertz CT molecular complexity index is 603. The van der Waals surface area contributed by atoms with Crippen LogP contribution in [0.2, 0.25) is 0 Å². The Labute approximate surface area is 123 Å². The summed E-state index contributed by atoms with van der Waals surface area (Å²) in [6, 6.07) is 9.70. The van der Waals surface area contributed by atoms with Crippen LogP contribution in [0.5, 0.6) is 0 Å². The number of benzene rings is 1. The van der Waals surface area contributed by atoms with Gasteiger partial charge in [-0.15, -0.1) is 0 Å². The first-order valence-corrected chi connectivity index (χ1v) is 7.04. The number of hydrogen-bond donors (Lipinski definition) is 1. The molecular formula is C16H17N3O2. The van der Waals surface area contributed by atoms with Gasteiger partial charge in [0.05, 0.1) is 18.3 Å². The number of hydrogen-bond acceptors (Lipinski definition) is 4. The molecule has 21 heavy (non-hydrogen) atoms. The number of aliphatic hydroxyl groups is 1. The molecule has 2 heterocycles. The van der Waals surface area contributed by atoms with Crippen LogP contribution < -0.4 is 0 Å². The number of aliphatic hydroxyl groups excluding tert-OH is 1. The lowest BCUT2D eigenvalue weighted by molar-refractivity contribution is 0.0634. The number of aromatic nitrogens is 2. The van der Waals surface area contributed by atoms with Crippen LogP contribution >= 0.6 is 0 Å². The van der Waals surface area contributed by atoms with Gasteiger partial charge in [-0.05, 0) is 18.4 Å². The van der Waals surface area contributed by atoms with Crippen LogP contribution in [0.3, 0.4) is 0 Å². The van der Waals surface area contributed by atoms with E-state index in [0.717, 1.165) is 5.56 Å². The minimum absolute atomic E-state index is 0.166. The molecule has 1 aromatic heterocycles. The topological polar surface area (TPSA) is 66.3 Å². The van der Waals surface area contributed by atoms with Gasteiger partial charge in [0.1, 0.15) is 5.69 Å². The Morgan fingerprint density at radius 2 is 2.10 bits per heavy atom. The summed E-state index contributed by atoms with van der Waals surface area (Å²) >= 11 is 0. The molecule has 1 N–H and O–H groups in total. The van der Waals surface area contributed by atoms with Gasteiger partial charge >= 0.3 is 0 Å². The summed E-state index contributed by atoms with van der Waals surface area (Å²) in [6.07, 6.45) is 5.26. The van der Waals surface area contributed by atoms with Crippen molar-refractivity contribution in [1.82, 2.24) is 14.9 Å². The average molecular weight is 283 g/mol. The Morgan fingerprint density at radius 1 is 1.29 bits per heavy atom. The zero-order chi connectivity index (χ0) is 14.7. The molecule has 0 unspecified atom stereocenters. The number of carbonyl (C=O) groups excluding carboxylic acids is 1. The van der Waals surface area contributed by atoms with Crippen LogP contribution in [0.1, 0.15) is 22.5 Å². The highest BCUT2D eigenvalue weighted by molar-refractivity contribution is 5.92. The summed E-state index contributed by atoms with van der Waals surface area (Å²) in [5.41, 5.74) is 1.44. The summed E-state index contributed by atoms with van der Waals surface area (Å²) in [6.45, 7) is 0.550. The van der Waals surface area contributed by atoms with Crippen molar-refractivity contribution < 1.29 is 9.90 Å². The van der Waals surface area contributed by atoms with Crippen LogP contribution in [-0.4, -0.2) is 44.6 Å². The van der Waals surface area contributed by atoms with Crippen molar-refractivity contribution in [2.45, 2.75) is 25.0 Å². The van der Waals surface area contributed by atoms with Crippen LogP contribution in [0, 0.1) is 0 Å². The fourth-order valence-electron chi connectivity index (χ4n) is 2.75. The van der Waals surface area contributed by atoms with Crippen molar-refractivity contribution in [3.05, 3.63) is 60.2 Å². The zero-order valence-electron chi connectivity index (χ0n) is 11.6. The van der Waals surface area contributed by atoms with Gasteiger partial charge in [-0.1, -0.05) is 30.3 Å². The van der Waals surface area contributed by atoms with E-state index in [1.807, 2.05) is 30.3 Å². The molecule has 0 radical (unpaired) electrons. The molecule has 2 atom stereocenters. The lowest BCUT2D eigenvalue weighted by atomic mass is 10.0. The van der Waals surface area contributed by atoms with Gasteiger partial charge in [0.2, 0.25) is 0 Å². The van der Waals surface area contributed by atoms with Gasteiger partial charge in [-0.25, -0.2) is 4.98 Å². The van der Waals surface area contributed by atoms with E-state index in [9.17, 15) is 9.90 Å². The minimum atomic E-state index is -0.495. The first kappa shape index (κ1) is 13.7. The fourth-order valence-corrected chi connectivity index (χ4v) is 2.75. The quantitative estimate of drug-likeness (QED) is 0.922. The average Bonchev–Trinajstić information content (AvgIpc) is 2.90. The van der Waals surface area contributed by atoms with Crippen molar-refractivity contribution >= 4 is 5.91 Å². The maximum atomic E-state index is 12.5. The highest BCUT2D eigenvalue weighted by Gasteiger charge is 2.36. The summed E-state index contributed by atoms with van der Waals surface area (Å²) in [7, 11) is 0. The summed E-state index contributed by atoms with van der Waals surface area (Å²) in [5.74, 6) is -0.166. The molecule has 0 spiro atoms. The van der Waals surface area contributed by atoms with Gasteiger partial charge in [0.15, 0.2) is 0 Å². The Hall–Kier alpha value is -2.27. The maximum absolute atomic E-state index is 12.5. The Balaban J connectivity index is 1.79. The molecule has 0 bridgehead atoms. The number of rotatable bonds is 3. The predicted molar refractivity (Wildman–Crippen MR) is 77.6 cm³/mol. The summed E-state index contributed by atoms with van der Waals surface area (Å²) < 4.78 is 0. The highest BCUT2D eigenvalue weighted by Crippen LogP contribution is 2.23. The van der Waals surface area contributed by atoms with Gasteiger partial charge in [0, 0.05) is 18.9 Å². The molecule has 1 aliphatic heterocycles. The molecule has 1 aliphatic rings. The molecule has 5 nitrogen and oxygen atoms in total. The molecular weight excluding hydrogens is 266 g/mol. The van der Waals surface area contributed by atoms with E-state index in [4.69, 9.17) is 0 Å². The van der Waals surface area contributed by atoms with Crippen LogP contribution in [-0.2, 0) is 6.42 Å². The van der Waals surface area contributed by atoms with E-state index in [2.05, 4.69) is 9.97 Å². The van der Waals surface area contributed by atoms with Gasteiger partial charge < -0.3 is 10.0 Å². The molecule has 108 valence electrons. The van der Waals surface area contributed by atoms with Crippen LogP contribution in [0.4, 0.5) is 0 Å². The van der Waals surface area contributed by atoms with E-state index >= 15 is 0 Å². The molecule has 0 aliphatic carbocycles. The van der Waals surface area contributed by atoms with E-state index in [1.165, 1.54) is 18.6 Å². The third-order valence-electron chi connectivity index (χ3n) is 3.84.